The Morgan fingerprint density at radius 3 is 2.57 bits per heavy atom. The number of thiophene rings is 1. The van der Waals surface area contributed by atoms with Crippen molar-refractivity contribution in [2.24, 2.45) is 0 Å². The number of piperazine rings is 1. The van der Waals surface area contributed by atoms with E-state index in [0.717, 1.165) is 38.5 Å². The van der Waals surface area contributed by atoms with Gasteiger partial charge in [-0.1, -0.05) is 13.0 Å². The van der Waals surface area contributed by atoms with Gasteiger partial charge in [-0.05, 0) is 30.1 Å². The number of hydrogen-bond donors (Lipinski definition) is 1. The maximum absolute atomic E-state index is 12.2. The van der Waals surface area contributed by atoms with Crippen LogP contribution in [0.5, 0.6) is 0 Å². The molecule has 1 N–H and O–H groups in total. The number of pyridine rings is 1. The fourth-order valence-corrected chi connectivity index (χ4v) is 4.58. The quantitative estimate of drug-likeness (QED) is 0.892. The van der Waals surface area contributed by atoms with E-state index >= 15 is 0 Å². The number of nitrogens with zero attached hydrogens (tertiary/aromatic N) is 3. The minimum absolute atomic E-state index is 0.303. The third-order valence-corrected chi connectivity index (χ3v) is 6.68. The van der Waals surface area contributed by atoms with E-state index < -0.39 is 10.0 Å². The van der Waals surface area contributed by atoms with Crippen molar-refractivity contribution in [3.8, 4) is 0 Å². The van der Waals surface area contributed by atoms with Crippen LogP contribution in [0.3, 0.4) is 0 Å². The van der Waals surface area contributed by atoms with Crippen LogP contribution < -0.4 is 9.62 Å². The molecule has 124 valence electrons. The van der Waals surface area contributed by atoms with Gasteiger partial charge in [-0.2, -0.15) is 0 Å². The van der Waals surface area contributed by atoms with Crippen LogP contribution in [-0.2, 0) is 10.0 Å². The first-order valence-electron chi connectivity index (χ1n) is 7.58. The second-order valence-electron chi connectivity index (χ2n) is 5.36. The van der Waals surface area contributed by atoms with E-state index in [-0.39, 0.29) is 0 Å². The summed E-state index contributed by atoms with van der Waals surface area (Å²) in [5.41, 5.74) is 0.481. The van der Waals surface area contributed by atoms with Crippen molar-refractivity contribution in [2.45, 2.75) is 11.1 Å². The van der Waals surface area contributed by atoms with Crippen LogP contribution in [0, 0.1) is 0 Å². The number of rotatable bonds is 5. The molecule has 1 aliphatic rings. The van der Waals surface area contributed by atoms with Gasteiger partial charge in [0.05, 0.1) is 11.9 Å². The van der Waals surface area contributed by atoms with Gasteiger partial charge in [-0.3, -0.25) is 4.72 Å². The molecular formula is C15H20N4O2S2. The summed E-state index contributed by atoms with van der Waals surface area (Å²) in [5.74, 6) is 0.889. The molecule has 2 aromatic rings. The fourth-order valence-electron chi connectivity index (χ4n) is 2.55. The van der Waals surface area contributed by atoms with Crippen LogP contribution in [0.15, 0.2) is 40.1 Å². The first kappa shape index (κ1) is 16.2. The predicted octanol–water partition coefficient (Wildman–Crippen LogP) is 2.09. The summed E-state index contributed by atoms with van der Waals surface area (Å²) in [7, 11) is -3.51. The fraction of sp³-hybridized carbons (Fsp3) is 0.400. The Labute approximate surface area is 140 Å². The molecule has 0 atom stereocenters. The normalized spacial score (nSPS) is 16.5. The van der Waals surface area contributed by atoms with Crippen LogP contribution in [0.1, 0.15) is 6.92 Å². The van der Waals surface area contributed by atoms with E-state index in [1.807, 2.05) is 6.07 Å². The molecule has 0 radical (unpaired) electrons. The third-order valence-electron chi connectivity index (χ3n) is 3.90. The molecule has 1 fully saturated rings. The molecule has 0 saturated carbocycles. The van der Waals surface area contributed by atoms with Crippen molar-refractivity contribution in [3.63, 3.8) is 0 Å². The van der Waals surface area contributed by atoms with Crippen LogP contribution in [0.4, 0.5) is 11.5 Å². The van der Waals surface area contributed by atoms with Gasteiger partial charge in [-0.15, -0.1) is 11.3 Å². The zero-order chi connectivity index (χ0) is 16.3. The van der Waals surface area contributed by atoms with Crippen LogP contribution in [0.2, 0.25) is 0 Å². The standard InChI is InChI=1S/C15H20N4O2S2/c1-2-18-7-9-19(10-8-18)14-6-5-13(12-16-14)17-23(20,21)15-4-3-11-22-15/h3-6,11-12,17H,2,7-10H2,1H3. The minimum atomic E-state index is -3.51. The summed E-state index contributed by atoms with van der Waals surface area (Å²) < 4.78 is 27.2. The summed E-state index contributed by atoms with van der Waals surface area (Å²) in [6, 6.07) is 6.94. The lowest BCUT2D eigenvalue weighted by molar-refractivity contribution is 0.270. The third kappa shape index (κ3) is 3.82. The van der Waals surface area contributed by atoms with Gasteiger partial charge in [0.25, 0.3) is 10.0 Å². The highest BCUT2D eigenvalue weighted by Crippen LogP contribution is 2.21. The number of hydrogen-bond acceptors (Lipinski definition) is 6. The van der Waals surface area contributed by atoms with E-state index in [9.17, 15) is 8.42 Å². The van der Waals surface area contributed by atoms with Gasteiger partial charge < -0.3 is 9.80 Å². The number of nitrogens with one attached hydrogen (secondary N) is 1. The molecule has 1 aliphatic heterocycles. The smallest absolute Gasteiger partial charge is 0.271 e. The first-order chi connectivity index (χ1) is 11.1. The van der Waals surface area contributed by atoms with Gasteiger partial charge in [-0.25, -0.2) is 13.4 Å². The summed E-state index contributed by atoms with van der Waals surface area (Å²) in [6.07, 6.45) is 1.58. The molecular weight excluding hydrogens is 332 g/mol. The van der Waals surface area contributed by atoms with Crippen molar-refractivity contribution in [1.29, 1.82) is 0 Å². The summed E-state index contributed by atoms with van der Waals surface area (Å²) >= 11 is 1.19. The van der Waals surface area contributed by atoms with Crippen LogP contribution in [0.25, 0.3) is 0 Å². The highest BCUT2D eigenvalue weighted by atomic mass is 32.2. The van der Waals surface area contributed by atoms with Crippen LogP contribution in [-0.4, -0.2) is 51.0 Å². The lowest BCUT2D eigenvalue weighted by Gasteiger charge is -2.34. The molecule has 0 aromatic carbocycles. The average Bonchev–Trinajstić information content (AvgIpc) is 3.11. The summed E-state index contributed by atoms with van der Waals surface area (Å²) in [4.78, 5) is 9.03. The van der Waals surface area contributed by atoms with Gasteiger partial charge in [0, 0.05) is 26.2 Å². The van der Waals surface area contributed by atoms with E-state index in [1.54, 1.807) is 29.8 Å². The number of aromatic nitrogens is 1. The number of sulfonamides is 1. The predicted molar refractivity (Wildman–Crippen MR) is 93.7 cm³/mol. The molecule has 8 heteroatoms. The molecule has 0 bridgehead atoms. The Balaban J connectivity index is 1.66. The van der Waals surface area contributed by atoms with E-state index in [4.69, 9.17) is 0 Å². The Morgan fingerprint density at radius 2 is 2.00 bits per heavy atom. The highest BCUT2D eigenvalue weighted by Gasteiger charge is 2.18. The molecule has 0 aliphatic carbocycles. The lowest BCUT2D eigenvalue weighted by Crippen LogP contribution is -2.46. The Morgan fingerprint density at radius 1 is 1.22 bits per heavy atom. The second kappa shape index (κ2) is 6.86. The molecule has 3 heterocycles. The topological polar surface area (TPSA) is 65.5 Å². The average molecular weight is 352 g/mol. The first-order valence-corrected chi connectivity index (χ1v) is 9.94. The number of anilines is 2. The monoisotopic (exact) mass is 352 g/mol. The molecule has 0 amide bonds. The van der Waals surface area contributed by atoms with Crippen LogP contribution >= 0.6 is 11.3 Å². The largest absolute Gasteiger partial charge is 0.354 e. The zero-order valence-electron chi connectivity index (χ0n) is 13.0. The van der Waals surface area contributed by atoms with Crippen molar-refractivity contribution < 1.29 is 8.42 Å². The van der Waals surface area contributed by atoms with Crippen molar-refractivity contribution >= 4 is 32.9 Å². The Hall–Kier alpha value is -1.64. The Bertz CT molecular complexity index is 721. The van der Waals surface area contributed by atoms with Gasteiger partial charge >= 0.3 is 0 Å². The molecule has 0 unspecified atom stereocenters. The second-order valence-corrected chi connectivity index (χ2v) is 8.22. The van der Waals surface area contributed by atoms with E-state index in [2.05, 4.69) is 26.4 Å². The van der Waals surface area contributed by atoms with Crippen molar-refractivity contribution in [2.75, 3.05) is 42.3 Å². The molecule has 23 heavy (non-hydrogen) atoms. The molecule has 0 spiro atoms. The molecule has 2 aromatic heterocycles. The lowest BCUT2D eigenvalue weighted by atomic mass is 10.3. The summed E-state index contributed by atoms with van der Waals surface area (Å²) in [5, 5.41) is 1.74. The van der Waals surface area contributed by atoms with Crippen molar-refractivity contribution in [1.82, 2.24) is 9.88 Å². The maximum Gasteiger partial charge on any atom is 0.271 e. The zero-order valence-corrected chi connectivity index (χ0v) is 14.6. The van der Waals surface area contributed by atoms with Gasteiger partial charge in [0.15, 0.2) is 0 Å². The van der Waals surface area contributed by atoms with E-state index in [0.29, 0.717) is 9.90 Å². The molecule has 1 saturated heterocycles. The maximum atomic E-state index is 12.2. The SMILES string of the molecule is CCN1CCN(c2ccc(NS(=O)(=O)c3cccs3)cn2)CC1. The van der Waals surface area contributed by atoms with Crippen molar-refractivity contribution in [3.05, 3.63) is 35.8 Å². The highest BCUT2D eigenvalue weighted by molar-refractivity contribution is 7.94. The van der Waals surface area contributed by atoms with E-state index in [1.165, 1.54) is 11.3 Å². The van der Waals surface area contributed by atoms with Gasteiger partial charge in [0.2, 0.25) is 0 Å². The minimum Gasteiger partial charge on any atom is -0.354 e. The molecule has 3 rings (SSSR count). The summed E-state index contributed by atoms with van der Waals surface area (Å²) in [6.45, 7) is 7.20. The van der Waals surface area contributed by atoms with Gasteiger partial charge in [0.1, 0.15) is 10.0 Å². The number of likely N-dealkylation sites (N-methyl/N-ethyl adjacent to an activating group) is 1. The Kier molecular flexibility index (Phi) is 4.84. The molecule has 6 nitrogen and oxygen atoms in total.